The number of rotatable bonds is 2. The zero-order valence-electron chi connectivity index (χ0n) is 11.9. The lowest BCUT2D eigenvalue weighted by atomic mass is 10.0. The molecule has 108 valence electrons. The summed E-state index contributed by atoms with van der Waals surface area (Å²) in [6, 6.07) is 8.20. The number of nitriles is 1. The third kappa shape index (κ3) is 2.94. The van der Waals surface area contributed by atoms with Gasteiger partial charge in [0.1, 0.15) is 6.07 Å². The number of anilines is 1. The van der Waals surface area contributed by atoms with Gasteiger partial charge in [-0.1, -0.05) is 11.6 Å². The van der Waals surface area contributed by atoms with Crippen LogP contribution >= 0.6 is 11.6 Å². The van der Waals surface area contributed by atoms with Crippen molar-refractivity contribution in [1.82, 2.24) is 9.88 Å². The molecule has 0 unspecified atom stereocenters. The van der Waals surface area contributed by atoms with Gasteiger partial charge in [0.2, 0.25) is 0 Å². The monoisotopic (exact) mass is 300 g/mol. The van der Waals surface area contributed by atoms with Crippen LogP contribution in [0.5, 0.6) is 0 Å². The predicted octanol–water partition coefficient (Wildman–Crippen LogP) is 3.27. The van der Waals surface area contributed by atoms with Crippen LogP contribution in [0.15, 0.2) is 24.4 Å². The van der Waals surface area contributed by atoms with Gasteiger partial charge in [-0.2, -0.15) is 5.26 Å². The van der Waals surface area contributed by atoms with Crippen LogP contribution in [0.25, 0.3) is 10.9 Å². The van der Waals surface area contributed by atoms with Gasteiger partial charge in [-0.05, 0) is 51.2 Å². The summed E-state index contributed by atoms with van der Waals surface area (Å²) in [6.45, 7) is 2.15. The zero-order valence-corrected chi connectivity index (χ0v) is 12.7. The maximum Gasteiger partial charge on any atom is 0.103 e. The summed E-state index contributed by atoms with van der Waals surface area (Å²) in [5.41, 5.74) is 2.29. The highest BCUT2D eigenvalue weighted by atomic mass is 35.5. The minimum atomic E-state index is 0.387. The van der Waals surface area contributed by atoms with Gasteiger partial charge in [-0.15, -0.1) is 0 Å². The number of halogens is 1. The molecule has 0 spiro atoms. The Morgan fingerprint density at radius 3 is 2.86 bits per heavy atom. The average Bonchev–Trinajstić information content (AvgIpc) is 2.50. The zero-order chi connectivity index (χ0) is 14.8. The highest BCUT2D eigenvalue weighted by molar-refractivity contribution is 6.31. The SMILES string of the molecule is CN1CCC(Nc2c(C#N)cnc3ccc(Cl)cc23)CC1. The number of fused-ring (bicyclic) bond motifs is 1. The molecule has 5 heteroatoms. The first kappa shape index (κ1) is 14.1. The van der Waals surface area contributed by atoms with Crippen LogP contribution < -0.4 is 5.32 Å². The quantitative estimate of drug-likeness (QED) is 0.925. The van der Waals surface area contributed by atoms with Crippen LogP contribution in [0.4, 0.5) is 5.69 Å². The second-order valence-corrected chi connectivity index (χ2v) is 5.98. The van der Waals surface area contributed by atoms with Crippen molar-refractivity contribution in [2.45, 2.75) is 18.9 Å². The topological polar surface area (TPSA) is 52.0 Å². The first-order valence-corrected chi connectivity index (χ1v) is 7.48. The molecule has 21 heavy (non-hydrogen) atoms. The van der Waals surface area contributed by atoms with E-state index in [4.69, 9.17) is 11.6 Å². The van der Waals surface area contributed by atoms with Crippen molar-refractivity contribution in [3.8, 4) is 6.07 Å². The first-order chi connectivity index (χ1) is 10.2. The molecule has 1 aromatic heterocycles. The van der Waals surface area contributed by atoms with E-state index in [1.807, 2.05) is 18.2 Å². The van der Waals surface area contributed by atoms with Crippen LogP contribution in [-0.4, -0.2) is 36.1 Å². The van der Waals surface area contributed by atoms with Crippen LogP contribution in [0.2, 0.25) is 5.02 Å². The molecule has 0 atom stereocenters. The van der Waals surface area contributed by atoms with Crippen molar-refractivity contribution in [2.24, 2.45) is 0 Å². The van der Waals surface area contributed by atoms with Gasteiger partial charge < -0.3 is 10.2 Å². The van der Waals surface area contributed by atoms with Gasteiger partial charge in [0.25, 0.3) is 0 Å². The highest BCUT2D eigenvalue weighted by Crippen LogP contribution is 2.29. The summed E-state index contributed by atoms with van der Waals surface area (Å²) in [5.74, 6) is 0. The number of piperidine rings is 1. The molecule has 0 bridgehead atoms. The van der Waals surface area contributed by atoms with E-state index >= 15 is 0 Å². The van der Waals surface area contributed by atoms with Gasteiger partial charge in [0.05, 0.1) is 16.8 Å². The van der Waals surface area contributed by atoms with E-state index in [0.717, 1.165) is 42.5 Å². The molecule has 0 amide bonds. The Hall–Kier alpha value is -1.83. The highest BCUT2D eigenvalue weighted by Gasteiger charge is 2.19. The maximum absolute atomic E-state index is 9.35. The Balaban J connectivity index is 1.99. The smallest absolute Gasteiger partial charge is 0.103 e. The number of benzene rings is 1. The molecule has 2 aromatic rings. The summed E-state index contributed by atoms with van der Waals surface area (Å²) in [6.07, 6.45) is 3.78. The summed E-state index contributed by atoms with van der Waals surface area (Å²) in [7, 11) is 2.14. The average molecular weight is 301 g/mol. The number of aromatic nitrogens is 1. The fraction of sp³-hybridized carbons (Fsp3) is 0.375. The number of nitrogens with one attached hydrogen (secondary N) is 1. The molecule has 1 aliphatic heterocycles. The van der Waals surface area contributed by atoms with Crippen LogP contribution in [0.1, 0.15) is 18.4 Å². The summed E-state index contributed by atoms with van der Waals surface area (Å²) in [5, 5.41) is 14.5. The third-order valence-electron chi connectivity index (χ3n) is 4.02. The molecule has 1 N–H and O–H groups in total. The normalized spacial score (nSPS) is 16.8. The largest absolute Gasteiger partial charge is 0.381 e. The van der Waals surface area contributed by atoms with Crippen LogP contribution in [0, 0.1) is 11.3 Å². The number of pyridine rings is 1. The molecule has 3 rings (SSSR count). The molecule has 4 nitrogen and oxygen atoms in total. The van der Waals surface area contributed by atoms with Crippen LogP contribution in [-0.2, 0) is 0 Å². The van der Waals surface area contributed by atoms with Crippen molar-refractivity contribution in [3.63, 3.8) is 0 Å². The Kier molecular flexibility index (Phi) is 3.96. The Labute approximate surface area is 129 Å². The predicted molar refractivity (Wildman–Crippen MR) is 85.6 cm³/mol. The van der Waals surface area contributed by atoms with Gasteiger partial charge in [-0.3, -0.25) is 4.98 Å². The molecular weight excluding hydrogens is 284 g/mol. The first-order valence-electron chi connectivity index (χ1n) is 7.11. The maximum atomic E-state index is 9.35. The lowest BCUT2D eigenvalue weighted by Gasteiger charge is -2.30. The molecule has 1 saturated heterocycles. The lowest BCUT2D eigenvalue weighted by molar-refractivity contribution is 0.264. The summed E-state index contributed by atoms with van der Waals surface area (Å²) < 4.78 is 0. The molecule has 1 aliphatic rings. The third-order valence-corrected chi connectivity index (χ3v) is 4.25. The van der Waals surface area contributed by atoms with E-state index in [2.05, 4.69) is 28.3 Å². The van der Waals surface area contributed by atoms with Crippen molar-refractivity contribution in [1.29, 1.82) is 5.26 Å². The van der Waals surface area contributed by atoms with Gasteiger partial charge in [0, 0.05) is 22.6 Å². The second kappa shape index (κ2) is 5.88. The van der Waals surface area contributed by atoms with Crippen molar-refractivity contribution < 1.29 is 0 Å². The Bertz CT molecular complexity index is 699. The summed E-state index contributed by atoms with van der Waals surface area (Å²) in [4.78, 5) is 6.65. The van der Waals surface area contributed by atoms with E-state index in [1.54, 1.807) is 6.20 Å². The van der Waals surface area contributed by atoms with Gasteiger partial charge in [-0.25, -0.2) is 0 Å². The van der Waals surface area contributed by atoms with Crippen molar-refractivity contribution in [2.75, 3.05) is 25.5 Å². The number of nitrogens with zero attached hydrogens (tertiary/aromatic N) is 3. The van der Waals surface area contributed by atoms with Gasteiger partial charge >= 0.3 is 0 Å². The fourth-order valence-corrected chi connectivity index (χ4v) is 2.93. The number of likely N-dealkylation sites (tertiary alicyclic amines) is 1. The van der Waals surface area contributed by atoms with Crippen molar-refractivity contribution in [3.05, 3.63) is 35.0 Å². The van der Waals surface area contributed by atoms with E-state index < -0.39 is 0 Å². The number of hydrogen-bond acceptors (Lipinski definition) is 4. The standard InChI is InChI=1S/C16H17ClN4/c1-21-6-4-13(5-7-21)20-16-11(9-18)10-19-15-3-2-12(17)8-14(15)16/h2-3,8,10,13H,4-7H2,1H3,(H,19,20). The van der Waals surface area contributed by atoms with Gasteiger partial charge in [0.15, 0.2) is 0 Å². The molecular formula is C16H17ClN4. The Morgan fingerprint density at radius 2 is 2.14 bits per heavy atom. The number of hydrogen-bond donors (Lipinski definition) is 1. The molecule has 1 aromatic carbocycles. The van der Waals surface area contributed by atoms with E-state index in [1.165, 1.54) is 0 Å². The van der Waals surface area contributed by atoms with Crippen molar-refractivity contribution >= 4 is 28.2 Å². The van der Waals surface area contributed by atoms with Crippen LogP contribution in [0.3, 0.4) is 0 Å². The molecule has 0 saturated carbocycles. The van der Waals surface area contributed by atoms with E-state index in [0.29, 0.717) is 16.6 Å². The minimum absolute atomic E-state index is 0.387. The minimum Gasteiger partial charge on any atom is -0.381 e. The second-order valence-electron chi connectivity index (χ2n) is 5.54. The van der Waals surface area contributed by atoms with E-state index in [9.17, 15) is 5.26 Å². The lowest BCUT2D eigenvalue weighted by Crippen LogP contribution is -2.36. The van der Waals surface area contributed by atoms with E-state index in [-0.39, 0.29) is 0 Å². The molecule has 1 fully saturated rings. The molecule has 2 heterocycles. The molecule has 0 radical (unpaired) electrons. The Morgan fingerprint density at radius 1 is 1.38 bits per heavy atom. The summed E-state index contributed by atoms with van der Waals surface area (Å²) >= 11 is 6.10. The molecule has 0 aliphatic carbocycles. The fourth-order valence-electron chi connectivity index (χ4n) is 2.76.